The third-order valence-electron chi connectivity index (χ3n) is 4.37. The van der Waals surface area contributed by atoms with Crippen LogP contribution in [0, 0.1) is 0 Å². The maximum Gasteiger partial charge on any atom is 0.302 e. The predicted octanol–water partition coefficient (Wildman–Crippen LogP) is 5.78. The zero-order valence-electron chi connectivity index (χ0n) is 15.7. The second-order valence-corrected chi connectivity index (χ2v) is 6.84. The molecule has 0 heterocycles. The van der Waals surface area contributed by atoms with Crippen LogP contribution in [0.1, 0.15) is 110 Å². The fraction of sp³-hybridized carbons (Fsp3) is 0.950. The first-order chi connectivity index (χ1) is 11.2. The summed E-state index contributed by atoms with van der Waals surface area (Å²) in [6.45, 7) is 3.79. The van der Waals surface area contributed by atoms with Crippen LogP contribution in [0.5, 0.6) is 0 Å². The van der Waals surface area contributed by atoms with Crippen molar-refractivity contribution in [2.45, 2.75) is 116 Å². The highest BCUT2D eigenvalue weighted by molar-refractivity contribution is 5.65. The molecule has 0 aliphatic carbocycles. The van der Waals surface area contributed by atoms with Crippen molar-refractivity contribution >= 4 is 5.97 Å². The van der Waals surface area contributed by atoms with Crippen molar-refractivity contribution in [1.29, 1.82) is 0 Å². The Bertz CT molecular complexity index is 253. The van der Waals surface area contributed by atoms with Gasteiger partial charge in [0.15, 0.2) is 0 Å². The maximum absolute atomic E-state index is 10.6. The van der Waals surface area contributed by atoms with Gasteiger partial charge in [-0.2, -0.15) is 0 Å². The minimum atomic E-state index is -0.490. The first kappa shape index (κ1) is 22.4. The molecule has 0 radical (unpaired) electrons. The van der Waals surface area contributed by atoms with Gasteiger partial charge in [-0.05, 0) is 6.42 Å². The number of aliphatic hydroxyl groups excluding tert-OH is 1. The van der Waals surface area contributed by atoms with Crippen molar-refractivity contribution in [3.63, 3.8) is 0 Å². The predicted molar refractivity (Wildman–Crippen MR) is 97.6 cm³/mol. The van der Waals surface area contributed by atoms with E-state index < -0.39 is 6.10 Å². The molecule has 1 atom stereocenters. The first-order valence-electron chi connectivity index (χ1n) is 9.98. The number of rotatable bonds is 17. The number of aliphatic hydroxyl groups is 1. The van der Waals surface area contributed by atoms with Crippen LogP contribution in [0.25, 0.3) is 0 Å². The molecule has 0 saturated heterocycles. The molecular weight excluding hydrogens is 288 g/mol. The van der Waals surface area contributed by atoms with Gasteiger partial charge >= 0.3 is 5.97 Å². The molecule has 0 spiro atoms. The van der Waals surface area contributed by atoms with E-state index in [-0.39, 0.29) is 12.6 Å². The van der Waals surface area contributed by atoms with E-state index in [2.05, 4.69) is 6.92 Å². The summed E-state index contributed by atoms with van der Waals surface area (Å²) in [5, 5.41) is 9.61. The number of esters is 1. The van der Waals surface area contributed by atoms with Gasteiger partial charge in [-0.25, -0.2) is 0 Å². The topological polar surface area (TPSA) is 46.5 Å². The molecule has 0 aromatic carbocycles. The number of carbonyl (C=O) groups is 1. The van der Waals surface area contributed by atoms with E-state index in [9.17, 15) is 9.90 Å². The molecule has 0 amide bonds. The molecule has 0 aromatic heterocycles. The van der Waals surface area contributed by atoms with Crippen molar-refractivity contribution < 1.29 is 14.6 Å². The van der Waals surface area contributed by atoms with Crippen LogP contribution in [-0.2, 0) is 9.53 Å². The molecule has 1 N–H and O–H groups in total. The molecule has 23 heavy (non-hydrogen) atoms. The molecule has 0 aliphatic heterocycles. The molecule has 0 bridgehead atoms. The summed E-state index contributed by atoms with van der Waals surface area (Å²) >= 11 is 0. The number of carbonyl (C=O) groups excluding carboxylic acids is 1. The first-order valence-corrected chi connectivity index (χ1v) is 9.98. The highest BCUT2D eigenvalue weighted by atomic mass is 16.5. The molecule has 0 unspecified atom stereocenters. The minimum Gasteiger partial charge on any atom is -0.463 e. The Morgan fingerprint density at radius 3 is 1.57 bits per heavy atom. The van der Waals surface area contributed by atoms with E-state index in [1.54, 1.807) is 0 Å². The number of unbranched alkanes of at least 4 members (excludes halogenated alkanes) is 13. The largest absolute Gasteiger partial charge is 0.463 e. The van der Waals surface area contributed by atoms with Crippen LogP contribution >= 0.6 is 0 Å². The van der Waals surface area contributed by atoms with Gasteiger partial charge in [-0.1, -0.05) is 96.8 Å². The molecule has 0 aromatic rings. The van der Waals surface area contributed by atoms with Crippen molar-refractivity contribution in [1.82, 2.24) is 0 Å². The summed E-state index contributed by atoms with van der Waals surface area (Å²) in [5.41, 5.74) is 0. The summed E-state index contributed by atoms with van der Waals surface area (Å²) in [7, 11) is 0. The van der Waals surface area contributed by atoms with Crippen molar-refractivity contribution in [2.75, 3.05) is 6.61 Å². The van der Waals surface area contributed by atoms with E-state index in [0.717, 1.165) is 12.8 Å². The van der Waals surface area contributed by atoms with Crippen molar-refractivity contribution in [2.24, 2.45) is 0 Å². The standard InChI is InChI=1S/C20H40O3/c1-3-4-5-6-7-8-9-10-11-12-13-14-15-16-17-20(22)18-23-19(2)21/h20,22H,3-18H2,1-2H3/t20-/m0/s1. The lowest BCUT2D eigenvalue weighted by atomic mass is 10.0. The van der Waals surface area contributed by atoms with E-state index in [1.165, 1.54) is 90.4 Å². The van der Waals surface area contributed by atoms with Gasteiger partial charge in [0.1, 0.15) is 6.61 Å². The van der Waals surface area contributed by atoms with Crippen molar-refractivity contribution in [3.05, 3.63) is 0 Å². The monoisotopic (exact) mass is 328 g/mol. The van der Waals surface area contributed by atoms with E-state index >= 15 is 0 Å². The Labute approximate surface area is 144 Å². The second-order valence-electron chi connectivity index (χ2n) is 6.84. The maximum atomic E-state index is 10.6. The molecular formula is C20H40O3. The SMILES string of the molecule is CCCCCCCCCCCCCCCC[C@H](O)COC(C)=O. The molecule has 3 nitrogen and oxygen atoms in total. The average molecular weight is 329 g/mol. The summed E-state index contributed by atoms with van der Waals surface area (Å²) in [6, 6.07) is 0. The molecule has 0 fully saturated rings. The Morgan fingerprint density at radius 1 is 0.783 bits per heavy atom. The lowest BCUT2D eigenvalue weighted by Gasteiger charge is -2.09. The van der Waals surface area contributed by atoms with Gasteiger partial charge in [-0.15, -0.1) is 0 Å². The van der Waals surface area contributed by atoms with Gasteiger partial charge in [0.2, 0.25) is 0 Å². The zero-order chi connectivity index (χ0) is 17.2. The Hall–Kier alpha value is -0.570. The summed E-state index contributed by atoms with van der Waals surface area (Å²) < 4.78 is 4.78. The fourth-order valence-electron chi connectivity index (χ4n) is 2.87. The summed E-state index contributed by atoms with van der Waals surface area (Å²) in [6.07, 6.45) is 19.0. The molecule has 0 saturated carbocycles. The highest BCUT2D eigenvalue weighted by Crippen LogP contribution is 2.13. The quantitative estimate of drug-likeness (QED) is 0.272. The Kier molecular flexibility index (Phi) is 17.3. The third-order valence-corrected chi connectivity index (χ3v) is 4.37. The van der Waals surface area contributed by atoms with Crippen LogP contribution in [0.2, 0.25) is 0 Å². The average Bonchev–Trinajstić information content (AvgIpc) is 2.53. The van der Waals surface area contributed by atoms with Gasteiger partial charge in [0.25, 0.3) is 0 Å². The lowest BCUT2D eigenvalue weighted by molar-refractivity contribution is -0.144. The number of hydrogen-bond acceptors (Lipinski definition) is 3. The smallest absolute Gasteiger partial charge is 0.302 e. The van der Waals surface area contributed by atoms with Gasteiger partial charge in [-0.3, -0.25) is 4.79 Å². The van der Waals surface area contributed by atoms with Crippen molar-refractivity contribution in [3.8, 4) is 0 Å². The summed E-state index contributed by atoms with van der Waals surface area (Å²) in [5.74, 6) is -0.315. The normalized spacial score (nSPS) is 12.3. The van der Waals surface area contributed by atoms with Crippen LogP contribution in [0.15, 0.2) is 0 Å². The molecule has 0 rings (SSSR count). The van der Waals surface area contributed by atoms with E-state index in [1.807, 2.05) is 0 Å². The Balaban J connectivity index is 3.09. The number of ether oxygens (including phenoxy) is 1. The molecule has 0 aliphatic rings. The Morgan fingerprint density at radius 2 is 1.17 bits per heavy atom. The minimum absolute atomic E-state index is 0.147. The van der Waals surface area contributed by atoms with Crippen LogP contribution < -0.4 is 0 Å². The summed E-state index contributed by atoms with van der Waals surface area (Å²) in [4.78, 5) is 10.6. The lowest BCUT2D eigenvalue weighted by Crippen LogP contribution is -2.17. The van der Waals surface area contributed by atoms with Gasteiger partial charge in [0, 0.05) is 6.92 Å². The van der Waals surface area contributed by atoms with E-state index in [0.29, 0.717) is 0 Å². The number of hydrogen-bond donors (Lipinski definition) is 1. The highest BCUT2D eigenvalue weighted by Gasteiger charge is 2.05. The molecule has 138 valence electrons. The van der Waals surface area contributed by atoms with Crippen LogP contribution in [-0.4, -0.2) is 23.8 Å². The molecule has 3 heteroatoms. The second kappa shape index (κ2) is 17.8. The van der Waals surface area contributed by atoms with E-state index in [4.69, 9.17) is 4.74 Å². The third kappa shape index (κ3) is 19.4. The fourth-order valence-corrected chi connectivity index (χ4v) is 2.87. The van der Waals surface area contributed by atoms with Gasteiger partial charge in [0.05, 0.1) is 6.10 Å². The zero-order valence-corrected chi connectivity index (χ0v) is 15.7. The van der Waals surface area contributed by atoms with Crippen LogP contribution in [0.4, 0.5) is 0 Å². The van der Waals surface area contributed by atoms with Crippen LogP contribution in [0.3, 0.4) is 0 Å². The van der Waals surface area contributed by atoms with Gasteiger partial charge < -0.3 is 9.84 Å².